The highest BCUT2D eigenvalue weighted by molar-refractivity contribution is 5.78. The van der Waals surface area contributed by atoms with Crippen LogP contribution >= 0.6 is 0 Å². The molecule has 0 aliphatic carbocycles. The van der Waals surface area contributed by atoms with Crippen LogP contribution in [0.3, 0.4) is 0 Å². The van der Waals surface area contributed by atoms with Gasteiger partial charge in [0.2, 0.25) is 0 Å². The number of hydrogen-bond acceptors (Lipinski definition) is 2. The van der Waals surface area contributed by atoms with Crippen LogP contribution < -0.4 is 4.74 Å². The molecule has 20 heavy (non-hydrogen) atoms. The van der Waals surface area contributed by atoms with Gasteiger partial charge in [0.25, 0.3) is 0 Å². The summed E-state index contributed by atoms with van der Waals surface area (Å²) in [7, 11) is 0. The molecule has 0 spiro atoms. The van der Waals surface area contributed by atoms with Gasteiger partial charge in [-0.1, -0.05) is 30.3 Å². The summed E-state index contributed by atoms with van der Waals surface area (Å²) in [4.78, 5) is 4.61. The molecule has 0 unspecified atom stereocenters. The highest BCUT2D eigenvalue weighted by Crippen LogP contribution is 2.18. The Kier molecular flexibility index (Phi) is 3.38. The molecule has 0 aliphatic heterocycles. The fourth-order valence-electron chi connectivity index (χ4n) is 2.15. The molecule has 0 saturated heterocycles. The highest BCUT2D eigenvalue weighted by atomic mass is 16.5. The molecule has 2 aromatic carbocycles. The van der Waals surface area contributed by atoms with Crippen LogP contribution in [0.25, 0.3) is 10.9 Å². The molecule has 0 atom stereocenters. The van der Waals surface area contributed by atoms with Crippen LogP contribution in [-0.4, -0.2) is 4.98 Å². The van der Waals surface area contributed by atoms with Crippen molar-refractivity contribution in [3.8, 4) is 5.75 Å². The van der Waals surface area contributed by atoms with Crippen molar-refractivity contribution in [3.05, 3.63) is 71.4 Å². The molecule has 0 amide bonds. The summed E-state index contributed by atoms with van der Waals surface area (Å²) < 4.78 is 5.81. The largest absolute Gasteiger partial charge is 0.487 e. The van der Waals surface area contributed by atoms with E-state index in [0.717, 1.165) is 22.3 Å². The number of aromatic nitrogens is 1. The molecule has 0 radical (unpaired) electrons. The fourth-order valence-corrected chi connectivity index (χ4v) is 2.15. The van der Waals surface area contributed by atoms with Crippen LogP contribution in [0, 0.1) is 13.8 Å². The van der Waals surface area contributed by atoms with Crippen molar-refractivity contribution in [1.29, 1.82) is 0 Å². The molecular formula is C18H17NO. The molecule has 1 aromatic heterocycles. The zero-order chi connectivity index (χ0) is 13.9. The highest BCUT2D eigenvalue weighted by Gasteiger charge is 2.01. The van der Waals surface area contributed by atoms with E-state index in [1.807, 2.05) is 30.3 Å². The van der Waals surface area contributed by atoms with Gasteiger partial charge in [-0.05, 0) is 49.2 Å². The van der Waals surface area contributed by atoms with Crippen LogP contribution in [0.5, 0.6) is 5.75 Å². The molecule has 2 nitrogen and oxygen atoms in total. The van der Waals surface area contributed by atoms with Crippen molar-refractivity contribution in [2.45, 2.75) is 20.5 Å². The zero-order valence-electron chi connectivity index (χ0n) is 11.8. The Morgan fingerprint density at radius 1 is 0.900 bits per heavy atom. The Morgan fingerprint density at radius 2 is 1.75 bits per heavy atom. The molecule has 1 heterocycles. The van der Waals surface area contributed by atoms with E-state index in [2.05, 4.69) is 43.1 Å². The predicted octanol–water partition coefficient (Wildman–Crippen LogP) is 4.43. The summed E-state index contributed by atoms with van der Waals surface area (Å²) in [5, 5.41) is 1.16. The maximum Gasteiger partial charge on any atom is 0.130 e. The first-order valence-electron chi connectivity index (χ1n) is 6.77. The van der Waals surface area contributed by atoms with Gasteiger partial charge in [-0.2, -0.15) is 0 Å². The molecule has 0 saturated carbocycles. The van der Waals surface area contributed by atoms with Crippen molar-refractivity contribution in [1.82, 2.24) is 4.98 Å². The Hall–Kier alpha value is -2.35. The third-order valence-electron chi connectivity index (χ3n) is 3.52. The summed E-state index contributed by atoms with van der Waals surface area (Å²) >= 11 is 0. The second-order valence-electron chi connectivity index (χ2n) is 5.03. The topological polar surface area (TPSA) is 22.1 Å². The molecule has 0 bridgehead atoms. The smallest absolute Gasteiger partial charge is 0.130 e. The Bertz CT molecular complexity index is 749. The first kappa shape index (κ1) is 12.7. The van der Waals surface area contributed by atoms with E-state index in [9.17, 15) is 0 Å². The van der Waals surface area contributed by atoms with Gasteiger partial charge in [0.1, 0.15) is 12.4 Å². The molecule has 0 aliphatic rings. The monoisotopic (exact) mass is 263 g/mol. The Morgan fingerprint density at radius 3 is 2.60 bits per heavy atom. The van der Waals surface area contributed by atoms with Crippen molar-refractivity contribution in [2.75, 3.05) is 0 Å². The number of hydrogen-bond donors (Lipinski definition) is 0. The van der Waals surface area contributed by atoms with Crippen LogP contribution in [0.2, 0.25) is 0 Å². The zero-order valence-corrected chi connectivity index (χ0v) is 11.8. The molecule has 2 heteroatoms. The van der Waals surface area contributed by atoms with E-state index in [-0.39, 0.29) is 0 Å². The number of rotatable bonds is 3. The van der Waals surface area contributed by atoms with Gasteiger partial charge in [0.15, 0.2) is 0 Å². The average Bonchev–Trinajstić information content (AvgIpc) is 2.48. The lowest BCUT2D eigenvalue weighted by Crippen LogP contribution is -1.98. The summed E-state index contributed by atoms with van der Waals surface area (Å²) in [5.74, 6) is 0.892. The van der Waals surface area contributed by atoms with Gasteiger partial charge in [0.05, 0.1) is 11.2 Å². The summed E-state index contributed by atoms with van der Waals surface area (Å²) in [6.45, 7) is 4.69. The minimum atomic E-state index is 0.493. The third kappa shape index (κ3) is 2.64. The minimum Gasteiger partial charge on any atom is -0.487 e. The SMILES string of the molecule is Cc1ccc(OCc2ccc3ccccc3n2)cc1C. The van der Waals surface area contributed by atoms with E-state index >= 15 is 0 Å². The van der Waals surface area contributed by atoms with Crippen LogP contribution in [0.4, 0.5) is 0 Å². The lowest BCUT2D eigenvalue weighted by atomic mass is 10.1. The van der Waals surface area contributed by atoms with E-state index in [1.54, 1.807) is 0 Å². The standard InChI is InChI=1S/C18H17NO/c1-13-7-10-17(11-14(13)2)20-12-16-9-8-15-5-3-4-6-18(15)19-16/h3-11H,12H2,1-2H3. The maximum absolute atomic E-state index is 5.81. The third-order valence-corrected chi connectivity index (χ3v) is 3.52. The average molecular weight is 263 g/mol. The van der Waals surface area contributed by atoms with Gasteiger partial charge < -0.3 is 4.74 Å². The summed E-state index contributed by atoms with van der Waals surface area (Å²) in [5.41, 5.74) is 4.48. The first-order chi connectivity index (χ1) is 9.72. The fraction of sp³-hybridized carbons (Fsp3) is 0.167. The van der Waals surface area contributed by atoms with Gasteiger partial charge in [-0.3, -0.25) is 0 Å². The van der Waals surface area contributed by atoms with Crippen LogP contribution in [0.1, 0.15) is 16.8 Å². The summed E-state index contributed by atoms with van der Waals surface area (Å²) in [6, 6.07) is 18.4. The van der Waals surface area contributed by atoms with Gasteiger partial charge in [0, 0.05) is 5.39 Å². The van der Waals surface area contributed by atoms with Gasteiger partial charge >= 0.3 is 0 Å². The minimum absolute atomic E-state index is 0.493. The molecule has 0 N–H and O–H groups in total. The Balaban J connectivity index is 1.77. The number of ether oxygens (including phenoxy) is 1. The number of nitrogens with zero attached hydrogens (tertiary/aromatic N) is 1. The van der Waals surface area contributed by atoms with E-state index < -0.39 is 0 Å². The number of aryl methyl sites for hydroxylation is 2. The molecular weight excluding hydrogens is 246 g/mol. The Labute approximate surface area is 119 Å². The second kappa shape index (κ2) is 5.33. The van der Waals surface area contributed by atoms with Crippen molar-refractivity contribution < 1.29 is 4.74 Å². The quantitative estimate of drug-likeness (QED) is 0.697. The van der Waals surface area contributed by atoms with Gasteiger partial charge in [-0.15, -0.1) is 0 Å². The van der Waals surface area contributed by atoms with Crippen molar-refractivity contribution in [2.24, 2.45) is 0 Å². The van der Waals surface area contributed by atoms with Crippen molar-refractivity contribution >= 4 is 10.9 Å². The number of benzene rings is 2. The van der Waals surface area contributed by atoms with Crippen molar-refractivity contribution in [3.63, 3.8) is 0 Å². The lowest BCUT2D eigenvalue weighted by Gasteiger charge is -2.08. The number of fused-ring (bicyclic) bond motifs is 1. The number of para-hydroxylation sites is 1. The van der Waals surface area contributed by atoms with Crippen LogP contribution in [0.15, 0.2) is 54.6 Å². The molecule has 100 valence electrons. The first-order valence-corrected chi connectivity index (χ1v) is 6.77. The second-order valence-corrected chi connectivity index (χ2v) is 5.03. The normalized spacial score (nSPS) is 10.7. The summed E-state index contributed by atoms with van der Waals surface area (Å²) in [6.07, 6.45) is 0. The van der Waals surface area contributed by atoms with E-state index in [4.69, 9.17) is 4.74 Å². The van der Waals surface area contributed by atoms with Crippen LogP contribution in [-0.2, 0) is 6.61 Å². The van der Waals surface area contributed by atoms with Gasteiger partial charge in [-0.25, -0.2) is 4.98 Å². The molecule has 3 rings (SSSR count). The lowest BCUT2D eigenvalue weighted by molar-refractivity contribution is 0.301. The van der Waals surface area contributed by atoms with E-state index in [1.165, 1.54) is 11.1 Å². The number of pyridine rings is 1. The predicted molar refractivity (Wildman–Crippen MR) is 82.0 cm³/mol. The van der Waals surface area contributed by atoms with E-state index in [0.29, 0.717) is 6.61 Å². The molecule has 0 fully saturated rings. The molecule has 3 aromatic rings. The maximum atomic E-state index is 5.81.